The van der Waals surface area contributed by atoms with Gasteiger partial charge in [-0.05, 0) is 26.2 Å². The van der Waals surface area contributed by atoms with Crippen LogP contribution in [0.5, 0.6) is 0 Å². The highest BCUT2D eigenvalue weighted by Gasteiger charge is 2.24. The maximum atomic E-state index is 12.2. The number of amides is 2. The number of aromatic nitrogens is 1. The molecular formula is C17H27N5O3. The first-order valence-electron chi connectivity index (χ1n) is 9.04. The van der Waals surface area contributed by atoms with Crippen molar-refractivity contribution in [1.29, 1.82) is 0 Å². The van der Waals surface area contributed by atoms with E-state index in [1.807, 2.05) is 13.0 Å². The number of carbonyl (C=O) groups excluding carboxylic acids is 2. The summed E-state index contributed by atoms with van der Waals surface area (Å²) in [6.07, 6.45) is 2.66. The second-order valence-electron chi connectivity index (χ2n) is 6.89. The number of carbonyl (C=O) groups is 2. The number of piperazine rings is 1. The van der Waals surface area contributed by atoms with Crippen molar-refractivity contribution in [3.63, 3.8) is 0 Å². The minimum Gasteiger partial charge on any atom is -0.360 e. The van der Waals surface area contributed by atoms with Crippen LogP contribution in [-0.4, -0.2) is 72.1 Å². The van der Waals surface area contributed by atoms with Crippen LogP contribution in [0.1, 0.15) is 30.7 Å². The molecule has 0 radical (unpaired) electrons. The van der Waals surface area contributed by atoms with Gasteiger partial charge in [0, 0.05) is 38.8 Å². The van der Waals surface area contributed by atoms with Crippen LogP contribution < -0.4 is 10.6 Å². The van der Waals surface area contributed by atoms with Crippen molar-refractivity contribution in [3.05, 3.63) is 17.5 Å². The van der Waals surface area contributed by atoms with Crippen molar-refractivity contribution in [3.8, 4) is 0 Å². The summed E-state index contributed by atoms with van der Waals surface area (Å²) in [6, 6.07) is 1.57. The SMILES string of the molecule is Cc1cc(CN2CCN(CC(=O)N[C@@H]3CCCCNC3=O)CC2)on1. The first kappa shape index (κ1) is 17.9. The van der Waals surface area contributed by atoms with E-state index in [9.17, 15) is 9.59 Å². The van der Waals surface area contributed by atoms with E-state index in [1.165, 1.54) is 0 Å². The number of hydrogen-bond acceptors (Lipinski definition) is 6. The van der Waals surface area contributed by atoms with Crippen LogP contribution in [0.3, 0.4) is 0 Å². The molecule has 2 N–H and O–H groups in total. The molecule has 3 heterocycles. The summed E-state index contributed by atoms with van der Waals surface area (Å²) in [6.45, 7) is 7.15. The molecule has 3 rings (SSSR count). The molecule has 2 saturated heterocycles. The summed E-state index contributed by atoms with van der Waals surface area (Å²) in [4.78, 5) is 28.6. The number of hydrogen-bond donors (Lipinski definition) is 2. The fourth-order valence-electron chi connectivity index (χ4n) is 3.34. The van der Waals surface area contributed by atoms with Crippen LogP contribution >= 0.6 is 0 Å². The number of rotatable bonds is 5. The number of nitrogens with one attached hydrogen (secondary N) is 2. The van der Waals surface area contributed by atoms with Gasteiger partial charge in [-0.25, -0.2) is 0 Å². The molecule has 1 aromatic rings. The Balaban J connectivity index is 1.39. The van der Waals surface area contributed by atoms with E-state index in [4.69, 9.17) is 4.52 Å². The molecule has 0 bridgehead atoms. The van der Waals surface area contributed by atoms with Gasteiger partial charge in [0.25, 0.3) is 0 Å². The lowest BCUT2D eigenvalue weighted by Crippen LogP contribution is -2.52. The van der Waals surface area contributed by atoms with E-state index in [-0.39, 0.29) is 17.9 Å². The van der Waals surface area contributed by atoms with Crippen molar-refractivity contribution >= 4 is 11.8 Å². The Morgan fingerprint density at radius 3 is 2.80 bits per heavy atom. The fraction of sp³-hybridized carbons (Fsp3) is 0.706. The van der Waals surface area contributed by atoms with Crippen LogP contribution in [0.25, 0.3) is 0 Å². The van der Waals surface area contributed by atoms with E-state index in [2.05, 4.69) is 25.6 Å². The lowest BCUT2D eigenvalue weighted by atomic mass is 10.1. The molecule has 0 aliphatic carbocycles. The third kappa shape index (κ3) is 5.27. The highest BCUT2D eigenvalue weighted by Crippen LogP contribution is 2.10. The van der Waals surface area contributed by atoms with Gasteiger partial charge in [0.1, 0.15) is 6.04 Å². The van der Waals surface area contributed by atoms with E-state index in [1.54, 1.807) is 0 Å². The van der Waals surface area contributed by atoms with Gasteiger partial charge in [-0.1, -0.05) is 5.16 Å². The average molecular weight is 349 g/mol. The van der Waals surface area contributed by atoms with Crippen LogP contribution in [0, 0.1) is 6.92 Å². The quantitative estimate of drug-likeness (QED) is 0.771. The molecule has 2 aliphatic heterocycles. The van der Waals surface area contributed by atoms with Crippen molar-refractivity contribution in [2.75, 3.05) is 39.3 Å². The molecule has 0 unspecified atom stereocenters. The van der Waals surface area contributed by atoms with Crippen molar-refractivity contribution < 1.29 is 14.1 Å². The molecular weight excluding hydrogens is 322 g/mol. The molecule has 2 aliphatic rings. The molecule has 8 nitrogen and oxygen atoms in total. The molecule has 138 valence electrons. The van der Waals surface area contributed by atoms with E-state index in [0.717, 1.165) is 63.4 Å². The third-order valence-electron chi connectivity index (χ3n) is 4.76. The summed E-state index contributed by atoms with van der Waals surface area (Å²) < 4.78 is 5.26. The van der Waals surface area contributed by atoms with Gasteiger partial charge in [0.05, 0.1) is 18.8 Å². The van der Waals surface area contributed by atoms with E-state index in [0.29, 0.717) is 13.1 Å². The minimum atomic E-state index is -0.383. The molecule has 0 aromatic carbocycles. The Hall–Kier alpha value is -1.93. The van der Waals surface area contributed by atoms with Crippen LogP contribution in [0.15, 0.2) is 10.6 Å². The molecule has 2 fully saturated rings. The summed E-state index contributed by atoms with van der Waals surface area (Å²) in [5.74, 6) is 0.752. The maximum absolute atomic E-state index is 12.2. The van der Waals surface area contributed by atoms with Gasteiger partial charge in [-0.15, -0.1) is 0 Å². The minimum absolute atomic E-state index is 0.0574. The second-order valence-corrected chi connectivity index (χ2v) is 6.89. The monoisotopic (exact) mass is 349 g/mol. The maximum Gasteiger partial charge on any atom is 0.242 e. The predicted octanol–water partition coefficient (Wildman–Crippen LogP) is -0.114. The summed E-state index contributed by atoms with van der Waals surface area (Å²) in [7, 11) is 0. The number of nitrogens with zero attached hydrogens (tertiary/aromatic N) is 3. The first-order chi connectivity index (χ1) is 12.1. The molecule has 0 spiro atoms. The van der Waals surface area contributed by atoms with Crippen molar-refractivity contribution in [2.24, 2.45) is 0 Å². The Bertz CT molecular complexity index is 595. The fourth-order valence-corrected chi connectivity index (χ4v) is 3.34. The van der Waals surface area contributed by atoms with Gasteiger partial charge >= 0.3 is 0 Å². The smallest absolute Gasteiger partial charge is 0.242 e. The largest absolute Gasteiger partial charge is 0.360 e. The molecule has 25 heavy (non-hydrogen) atoms. The summed E-state index contributed by atoms with van der Waals surface area (Å²) in [5, 5.41) is 9.63. The summed E-state index contributed by atoms with van der Waals surface area (Å²) >= 11 is 0. The Kier molecular flexibility index (Phi) is 6.04. The highest BCUT2D eigenvalue weighted by atomic mass is 16.5. The lowest BCUT2D eigenvalue weighted by Gasteiger charge is -2.33. The predicted molar refractivity (Wildman–Crippen MR) is 91.7 cm³/mol. The standard InChI is InChI=1S/C17H27N5O3/c1-13-10-14(25-20-13)11-21-6-8-22(9-7-21)12-16(23)19-15-4-2-3-5-18-17(15)24/h10,15H,2-9,11-12H2,1H3,(H,18,24)(H,19,23)/t15-/m1/s1. The first-order valence-corrected chi connectivity index (χ1v) is 9.04. The second kappa shape index (κ2) is 8.44. The zero-order valence-electron chi connectivity index (χ0n) is 14.8. The van der Waals surface area contributed by atoms with Gasteiger partial charge in [-0.3, -0.25) is 19.4 Å². The van der Waals surface area contributed by atoms with E-state index < -0.39 is 0 Å². The van der Waals surface area contributed by atoms with Crippen molar-refractivity contribution in [2.45, 2.75) is 38.8 Å². The Morgan fingerprint density at radius 2 is 2.08 bits per heavy atom. The van der Waals surface area contributed by atoms with Crippen LogP contribution in [0.4, 0.5) is 0 Å². The van der Waals surface area contributed by atoms with Gasteiger partial charge < -0.3 is 15.2 Å². The Labute approximate surface area is 147 Å². The number of aryl methyl sites for hydroxylation is 1. The third-order valence-corrected chi connectivity index (χ3v) is 4.76. The summed E-state index contributed by atoms with van der Waals surface area (Å²) in [5.41, 5.74) is 0.896. The topological polar surface area (TPSA) is 90.7 Å². The normalized spacial score (nSPS) is 23.1. The Morgan fingerprint density at radius 1 is 1.32 bits per heavy atom. The molecule has 2 amide bonds. The zero-order chi connectivity index (χ0) is 17.6. The lowest BCUT2D eigenvalue weighted by molar-refractivity contribution is -0.129. The van der Waals surface area contributed by atoms with Crippen LogP contribution in [-0.2, 0) is 16.1 Å². The zero-order valence-corrected chi connectivity index (χ0v) is 14.8. The molecule has 8 heteroatoms. The molecule has 1 aromatic heterocycles. The van der Waals surface area contributed by atoms with Gasteiger partial charge in [0.2, 0.25) is 11.8 Å². The van der Waals surface area contributed by atoms with E-state index >= 15 is 0 Å². The van der Waals surface area contributed by atoms with Crippen molar-refractivity contribution in [1.82, 2.24) is 25.6 Å². The highest BCUT2D eigenvalue weighted by molar-refractivity contribution is 5.88. The van der Waals surface area contributed by atoms with Crippen LogP contribution in [0.2, 0.25) is 0 Å². The van der Waals surface area contributed by atoms with Gasteiger partial charge in [-0.2, -0.15) is 0 Å². The molecule has 0 saturated carbocycles. The average Bonchev–Trinajstić information content (AvgIpc) is 2.89. The molecule has 1 atom stereocenters. The van der Waals surface area contributed by atoms with Gasteiger partial charge in [0.15, 0.2) is 5.76 Å².